The Bertz CT molecular complexity index is 168. The summed E-state index contributed by atoms with van der Waals surface area (Å²) in [4.78, 5) is 2.05. The molecule has 0 rings (SSSR count). The number of rotatable bonds is 5. The van der Waals surface area contributed by atoms with E-state index in [2.05, 4.69) is 27.0 Å². The summed E-state index contributed by atoms with van der Waals surface area (Å²) >= 11 is 0. The molecular weight excluding hydrogens is 146 g/mol. The lowest BCUT2D eigenvalue weighted by molar-refractivity contribution is 0.489. The van der Waals surface area contributed by atoms with Crippen LogP contribution in [0.15, 0.2) is 24.4 Å². The van der Waals surface area contributed by atoms with Crippen LogP contribution in [0.3, 0.4) is 0 Å². The summed E-state index contributed by atoms with van der Waals surface area (Å²) < 4.78 is 0. The lowest BCUT2D eigenvalue weighted by Crippen LogP contribution is -2.11. The Kier molecular flexibility index (Phi) is 4.72. The van der Waals surface area contributed by atoms with Crippen molar-refractivity contribution in [2.24, 2.45) is 5.92 Å². The third-order valence-electron chi connectivity index (χ3n) is 2.37. The van der Waals surface area contributed by atoms with E-state index in [1.807, 2.05) is 19.0 Å². The maximum absolute atomic E-state index is 4.06. The zero-order valence-electron chi connectivity index (χ0n) is 8.85. The maximum atomic E-state index is 4.06. The molecule has 0 aliphatic heterocycles. The molecule has 0 aromatic rings. The van der Waals surface area contributed by atoms with Crippen LogP contribution >= 0.6 is 0 Å². The summed E-state index contributed by atoms with van der Waals surface area (Å²) in [5.41, 5.74) is 2.43. The van der Waals surface area contributed by atoms with Crippen LogP contribution in [0.1, 0.15) is 26.7 Å². The number of allylic oxidation sites excluding steroid dienone is 1. The van der Waals surface area contributed by atoms with Gasteiger partial charge in [-0.2, -0.15) is 0 Å². The second kappa shape index (κ2) is 5.02. The van der Waals surface area contributed by atoms with Crippen molar-refractivity contribution >= 4 is 0 Å². The van der Waals surface area contributed by atoms with Crippen molar-refractivity contribution < 1.29 is 0 Å². The van der Waals surface area contributed by atoms with Crippen LogP contribution in [0, 0.1) is 5.92 Å². The summed E-state index contributed by atoms with van der Waals surface area (Å²) in [5, 5.41) is 0. The van der Waals surface area contributed by atoms with Crippen molar-refractivity contribution in [2.75, 3.05) is 14.1 Å². The molecule has 1 unspecified atom stereocenters. The van der Waals surface area contributed by atoms with Gasteiger partial charge in [-0.1, -0.05) is 32.6 Å². The van der Waals surface area contributed by atoms with E-state index in [9.17, 15) is 0 Å². The molecule has 0 N–H and O–H groups in total. The molecule has 0 saturated heterocycles. The highest BCUT2D eigenvalue weighted by Gasteiger charge is 2.06. The minimum atomic E-state index is 0.613. The third kappa shape index (κ3) is 3.61. The minimum absolute atomic E-state index is 0.613. The maximum Gasteiger partial charge on any atom is 0.00956 e. The van der Waals surface area contributed by atoms with Crippen LogP contribution in [0.25, 0.3) is 0 Å². The highest BCUT2D eigenvalue weighted by atomic mass is 15.1. The van der Waals surface area contributed by atoms with E-state index >= 15 is 0 Å². The summed E-state index contributed by atoms with van der Waals surface area (Å²) in [6.45, 7) is 12.4. The van der Waals surface area contributed by atoms with Gasteiger partial charge in [0.05, 0.1) is 0 Å². The number of hydrogen-bond acceptors (Lipinski definition) is 1. The first-order valence-electron chi connectivity index (χ1n) is 4.51. The van der Waals surface area contributed by atoms with Crippen molar-refractivity contribution in [1.29, 1.82) is 0 Å². The summed E-state index contributed by atoms with van der Waals surface area (Å²) in [6, 6.07) is 0. The first-order chi connectivity index (χ1) is 5.49. The van der Waals surface area contributed by atoms with E-state index in [4.69, 9.17) is 0 Å². The van der Waals surface area contributed by atoms with E-state index in [0.717, 1.165) is 12.1 Å². The fourth-order valence-corrected chi connectivity index (χ4v) is 0.883. The first kappa shape index (κ1) is 11.3. The molecule has 0 heterocycles. The smallest absolute Gasteiger partial charge is 0.00956 e. The molecule has 0 aliphatic carbocycles. The molecule has 1 nitrogen and oxygen atoms in total. The SMILES string of the molecule is C=C(CC(=C)N(C)C)C(C)CC. The molecule has 0 saturated carbocycles. The van der Waals surface area contributed by atoms with Crippen molar-refractivity contribution in [3.05, 3.63) is 24.4 Å². The Morgan fingerprint density at radius 3 is 2.17 bits per heavy atom. The molecule has 0 aliphatic rings. The van der Waals surface area contributed by atoms with Gasteiger partial charge in [0, 0.05) is 26.2 Å². The monoisotopic (exact) mass is 167 g/mol. The predicted molar refractivity (Wildman–Crippen MR) is 56.0 cm³/mol. The highest BCUT2D eigenvalue weighted by molar-refractivity contribution is 5.10. The van der Waals surface area contributed by atoms with E-state index < -0.39 is 0 Å². The zero-order valence-corrected chi connectivity index (χ0v) is 8.85. The molecule has 0 radical (unpaired) electrons. The van der Waals surface area contributed by atoms with Crippen molar-refractivity contribution in [2.45, 2.75) is 26.7 Å². The summed E-state index contributed by atoms with van der Waals surface area (Å²) in [6.07, 6.45) is 2.10. The molecular formula is C11H21N. The molecule has 0 spiro atoms. The van der Waals surface area contributed by atoms with Gasteiger partial charge in [0.15, 0.2) is 0 Å². The Morgan fingerprint density at radius 2 is 1.83 bits per heavy atom. The zero-order chi connectivity index (χ0) is 9.72. The van der Waals surface area contributed by atoms with Crippen LogP contribution in [0.4, 0.5) is 0 Å². The first-order valence-corrected chi connectivity index (χ1v) is 4.51. The van der Waals surface area contributed by atoms with E-state index in [-0.39, 0.29) is 0 Å². The Balaban J connectivity index is 3.93. The van der Waals surface area contributed by atoms with Gasteiger partial charge in [0.2, 0.25) is 0 Å². The number of hydrogen-bond donors (Lipinski definition) is 0. The lowest BCUT2D eigenvalue weighted by atomic mass is 9.96. The van der Waals surface area contributed by atoms with Crippen molar-refractivity contribution in [3.63, 3.8) is 0 Å². The van der Waals surface area contributed by atoms with Gasteiger partial charge in [-0.15, -0.1) is 0 Å². The standard InChI is InChI=1S/C11H21N/c1-7-9(2)10(3)8-11(4)12(5)6/h9H,3-4,7-8H2,1-2,5-6H3. The van der Waals surface area contributed by atoms with Crippen LogP contribution in [0.5, 0.6) is 0 Å². The second-order valence-electron chi connectivity index (χ2n) is 3.60. The van der Waals surface area contributed by atoms with Gasteiger partial charge >= 0.3 is 0 Å². The van der Waals surface area contributed by atoms with E-state index in [0.29, 0.717) is 5.92 Å². The Hall–Kier alpha value is -0.720. The largest absolute Gasteiger partial charge is 0.381 e. The fourth-order valence-electron chi connectivity index (χ4n) is 0.883. The molecule has 1 heteroatoms. The number of nitrogens with zero attached hydrogens (tertiary/aromatic N) is 1. The van der Waals surface area contributed by atoms with Gasteiger partial charge < -0.3 is 4.90 Å². The second-order valence-corrected chi connectivity index (χ2v) is 3.60. The average molecular weight is 167 g/mol. The van der Waals surface area contributed by atoms with Gasteiger partial charge in [0.25, 0.3) is 0 Å². The molecule has 70 valence electrons. The molecule has 0 aromatic heterocycles. The summed E-state index contributed by atoms with van der Waals surface area (Å²) in [7, 11) is 4.04. The summed E-state index contributed by atoms with van der Waals surface area (Å²) in [5.74, 6) is 0.613. The average Bonchev–Trinajstić information content (AvgIpc) is 2.02. The third-order valence-corrected chi connectivity index (χ3v) is 2.37. The molecule has 12 heavy (non-hydrogen) atoms. The van der Waals surface area contributed by atoms with Crippen molar-refractivity contribution in [3.8, 4) is 0 Å². The van der Waals surface area contributed by atoms with Crippen LogP contribution < -0.4 is 0 Å². The minimum Gasteiger partial charge on any atom is -0.381 e. The molecule has 0 fully saturated rings. The van der Waals surface area contributed by atoms with Gasteiger partial charge in [-0.3, -0.25) is 0 Å². The van der Waals surface area contributed by atoms with Crippen LogP contribution in [-0.4, -0.2) is 19.0 Å². The van der Waals surface area contributed by atoms with Gasteiger partial charge in [0.1, 0.15) is 0 Å². The molecule has 0 aromatic carbocycles. The highest BCUT2D eigenvalue weighted by Crippen LogP contribution is 2.19. The molecule has 1 atom stereocenters. The van der Waals surface area contributed by atoms with Crippen LogP contribution in [-0.2, 0) is 0 Å². The predicted octanol–water partition coefficient (Wildman–Crippen LogP) is 3.05. The quantitative estimate of drug-likeness (QED) is 0.569. The Labute approximate surface area is 76.8 Å². The topological polar surface area (TPSA) is 3.24 Å². The fraction of sp³-hybridized carbons (Fsp3) is 0.636. The molecule has 0 amide bonds. The van der Waals surface area contributed by atoms with Gasteiger partial charge in [-0.05, 0) is 12.3 Å². The van der Waals surface area contributed by atoms with Gasteiger partial charge in [-0.25, -0.2) is 0 Å². The lowest BCUT2D eigenvalue weighted by Gasteiger charge is -2.19. The van der Waals surface area contributed by atoms with E-state index in [1.165, 1.54) is 12.0 Å². The van der Waals surface area contributed by atoms with E-state index in [1.54, 1.807) is 0 Å². The Morgan fingerprint density at radius 1 is 1.33 bits per heavy atom. The van der Waals surface area contributed by atoms with Crippen LogP contribution in [0.2, 0.25) is 0 Å². The van der Waals surface area contributed by atoms with Crippen molar-refractivity contribution in [1.82, 2.24) is 4.90 Å². The normalized spacial score (nSPS) is 12.3. The molecule has 0 bridgehead atoms.